The molecule has 26 heavy (non-hydrogen) atoms. The Morgan fingerprint density at radius 1 is 1.19 bits per heavy atom. The molecule has 0 aromatic heterocycles. The molecule has 7 nitrogen and oxygen atoms in total. The first kappa shape index (κ1) is 17.5. The lowest BCUT2D eigenvalue weighted by molar-refractivity contribution is -0.121. The smallest absolute Gasteiger partial charge is 0.339 e. The molecule has 134 valence electrons. The number of nitrogens with one attached hydrogen (secondary N) is 1. The van der Waals surface area contributed by atoms with E-state index in [1.807, 2.05) is 31.2 Å². The molecule has 7 heteroatoms. The maximum absolute atomic E-state index is 12.6. The number of phenols is 1. The number of carboxylic acid groups (broad SMARTS) is 1. The second kappa shape index (κ2) is 6.87. The second-order valence-electron chi connectivity index (χ2n) is 6.03. The lowest BCUT2D eigenvalue weighted by Crippen LogP contribution is -2.34. The van der Waals surface area contributed by atoms with Crippen LogP contribution in [-0.2, 0) is 16.0 Å². The van der Waals surface area contributed by atoms with Crippen LogP contribution in [0.25, 0.3) is 0 Å². The molecule has 2 amide bonds. The van der Waals surface area contributed by atoms with Gasteiger partial charge in [0.15, 0.2) is 0 Å². The van der Waals surface area contributed by atoms with E-state index in [1.165, 1.54) is 11.6 Å². The minimum absolute atomic E-state index is 0.0180. The fourth-order valence-electron chi connectivity index (χ4n) is 2.89. The Morgan fingerprint density at radius 3 is 2.46 bits per heavy atom. The van der Waals surface area contributed by atoms with E-state index in [4.69, 9.17) is 5.11 Å². The van der Waals surface area contributed by atoms with Crippen LogP contribution >= 0.6 is 0 Å². The highest BCUT2D eigenvalue weighted by Gasteiger charge is 2.39. The van der Waals surface area contributed by atoms with E-state index in [2.05, 4.69) is 5.32 Å². The maximum Gasteiger partial charge on any atom is 0.339 e. The Bertz CT molecular complexity index is 876. The van der Waals surface area contributed by atoms with Crippen molar-refractivity contribution >= 4 is 29.2 Å². The highest BCUT2D eigenvalue weighted by atomic mass is 16.4. The Hall–Kier alpha value is -3.35. The third-order valence-corrected chi connectivity index (χ3v) is 4.32. The number of hydrogen-bond donors (Lipinski definition) is 3. The van der Waals surface area contributed by atoms with E-state index in [0.717, 1.165) is 29.1 Å². The van der Waals surface area contributed by atoms with Crippen molar-refractivity contribution in [2.24, 2.45) is 0 Å². The fourth-order valence-corrected chi connectivity index (χ4v) is 2.89. The van der Waals surface area contributed by atoms with Gasteiger partial charge in [0.05, 0.1) is 12.1 Å². The molecule has 1 saturated heterocycles. The molecule has 1 aliphatic heterocycles. The predicted octanol–water partition coefficient (Wildman–Crippen LogP) is 2.40. The number of carbonyl (C=O) groups excluding carboxylic acids is 2. The van der Waals surface area contributed by atoms with Gasteiger partial charge in [0.25, 0.3) is 5.91 Å². The third-order valence-electron chi connectivity index (χ3n) is 4.32. The van der Waals surface area contributed by atoms with Gasteiger partial charge in [-0.05, 0) is 36.2 Å². The van der Waals surface area contributed by atoms with Crippen LogP contribution in [0.5, 0.6) is 5.75 Å². The molecule has 3 rings (SSSR count). The largest absolute Gasteiger partial charge is 0.507 e. The quantitative estimate of drug-likeness (QED) is 0.712. The van der Waals surface area contributed by atoms with E-state index in [9.17, 15) is 19.5 Å². The molecule has 2 aromatic rings. The van der Waals surface area contributed by atoms with E-state index in [-0.39, 0.29) is 17.7 Å². The van der Waals surface area contributed by atoms with Crippen molar-refractivity contribution in [2.75, 3.05) is 10.2 Å². The number of aromatic carboxylic acids is 1. The Morgan fingerprint density at radius 2 is 1.88 bits per heavy atom. The third kappa shape index (κ3) is 3.23. The normalized spacial score (nSPS) is 16.8. The first-order chi connectivity index (χ1) is 12.4. The monoisotopic (exact) mass is 354 g/mol. The fraction of sp³-hybridized carbons (Fsp3) is 0.211. The van der Waals surface area contributed by atoms with Crippen LogP contribution < -0.4 is 10.2 Å². The minimum Gasteiger partial charge on any atom is -0.507 e. The van der Waals surface area contributed by atoms with Gasteiger partial charge in [0, 0.05) is 11.8 Å². The summed E-state index contributed by atoms with van der Waals surface area (Å²) in [6.45, 7) is 2.05. The zero-order valence-electron chi connectivity index (χ0n) is 14.1. The number of anilines is 2. The van der Waals surface area contributed by atoms with Crippen molar-refractivity contribution in [2.45, 2.75) is 25.8 Å². The summed E-state index contributed by atoms with van der Waals surface area (Å²) in [4.78, 5) is 36.8. The van der Waals surface area contributed by atoms with Gasteiger partial charge in [-0.15, -0.1) is 0 Å². The lowest BCUT2D eigenvalue weighted by Gasteiger charge is -2.17. The van der Waals surface area contributed by atoms with Crippen LogP contribution in [0.4, 0.5) is 11.4 Å². The first-order valence-corrected chi connectivity index (χ1v) is 8.19. The Kier molecular flexibility index (Phi) is 4.62. The molecule has 0 spiro atoms. The molecule has 0 radical (unpaired) electrons. The first-order valence-electron chi connectivity index (χ1n) is 8.19. The average molecular weight is 354 g/mol. The molecule has 1 fully saturated rings. The van der Waals surface area contributed by atoms with Crippen LogP contribution in [0.1, 0.15) is 29.3 Å². The summed E-state index contributed by atoms with van der Waals surface area (Å²) in [6.07, 6.45) is 0.889. The number of amides is 2. The summed E-state index contributed by atoms with van der Waals surface area (Å²) in [5.74, 6) is -2.65. The van der Waals surface area contributed by atoms with Gasteiger partial charge >= 0.3 is 5.97 Å². The Labute approximate surface area is 149 Å². The number of aryl methyl sites for hydroxylation is 1. The van der Waals surface area contributed by atoms with Crippen molar-refractivity contribution in [3.8, 4) is 5.75 Å². The number of imide groups is 1. The zero-order valence-corrected chi connectivity index (χ0v) is 14.1. The van der Waals surface area contributed by atoms with E-state index in [1.54, 1.807) is 0 Å². The molecule has 1 aliphatic rings. The van der Waals surface area contributed by atoms with E-state index in [0.29, 0.717) is 0 Å². The highest BCUT2D eigenvalue weighted by molar-refractivity contribution is 6.23. The standard InChI is InChI=1S/C19H18N2O5/c1-2-11-3-5-12(6-4-11)20-15-10-17(23)21(18(15)24)13-7-8-14(19(25)26)16(22)9-13/h3-9,15,20,22H,2,10H2,1H3,(H,25,26). The molecule has 1 atom stereocenters. The minimum atomic E-state index is -1.29. The number of carboxylic acids is 1. The summed E-state index contributed by atoms with van der Waals surface area (Å²) in [5, 5.41) is 21.8. The summed E-state index contributed by atoms with van der Waals surface area (Å²) in [5.41, 5.74) is 1.76. The van der Waals surface area contributed by atoms with Crippen LogP contribution in [0.15, 0.2) is 42.5 Å². The maximum atomic E-state index is 12.6. The van der Waals surface area contributed by atoms with Crippen molar-refractivity contribution < 1.29 is 24.6 Å². The van der Waals surface area contributed by atoms with Crippen LogP contribution in [0.3, 0.4) is 0 Å². The zero-order chi connectivity index (χ0) is 18.8. The predicted molar refractivity (Wildman–Crippen MR) is 95.4 cm³/mol. The van der Waals surface area contributed by atoms with Gasteiger partial charge in [-0.25, -0.2) is 9.69 Å². The summed E-state index contributed by atoms with van der Waals surface area (Å²) < 4.78 is 0. The van der Waals surface area contributed by atoms with Gasteiger partial charge in [-0.1, -0.05) is 19.1 Å². The topological polar surface area (TPSA) is 107 Å². The lowest BCUT2D eigenvalue weighted by atomic mass is 10.1. The van der Waals surface area contributed by atoms with Crippen molar-refractivity contribution in [3.05, 3.63) is 53.6 Å². The Balaban J connectivity index is 1.80. The van der Waals surface area contributed by atoms with Gasteiger partial charge in [-0.2, -0.15) is 0 Å². The molecule has 3 N–H and O–H groups in total. The van der Waals surface area contributed by atoms with Crippen LogP contribution in [0, 0.1) is 0 Å². The summed E-state index contributed by atoms with van der Waals surface area (Å²) in [7, 11) is 0. The van der Waals surface area contributed by atoms with Crippen LogP contribution in [0.2, 0.25) is 0 Å². The number of rotatable bonds is 5. The molecule has 1 heterocycles. The highest BCUT2D eigenvalue weighted by Crippen LogP contribution is 2.29. The van der Waals surface area contributed by atoms with E-state index >= 15 is 0 Å². The molecule has 0 aliphatic carbocycles. The van der Waals surface area contributed by atoms with Crippen molar-refractivity contribution in [1.82, 2.24) is 0 Å². The second-order valence-corrected chi connectivity index (χ2v) is 6.03. The summed E-state index contributed by atoms with van der Waals surface area (Å²) in [6, 6.07) is 10.5. The summed E-state index contributed by atoms with van der Waals surface area (Å²) >= 11 is 0. The van der Waals surface area contributed by atoms with Gasteiger partial charge in [0.2, 0.25) is 5.91 Å². The number of hydrogen-bond acceptors (Lipinski definition) is 5. The number of aromatic hydroxyl groups is 1. The van der Waals surface area contributed by atoms with E-state index < -0.39 is 29.6 Å². The average Bonchev–Trinajstić information content (AvgIpc) is 2.88. The van der Waals surface area contributed by atoms with Gasteiger partial charge < -0.3 is 15.5 Å². The van der Waals surface area contributed by atoms with Crippen LogP contribution in [-0.4, -0.2) is 34.0 Å². The molecule has 0 bridgehead atoms. The molecular formula is C19H18N2O5. The van der Waals surface area contributed by atoms with Crippen molar-refractivity contribution in [1.29, 1.82) is 0 Å². The SMILES string of the molecule is CCc1ccc(NC2CC(=O)N(c3ccc(C(=O)O)c(O)c3)C2=O)cc1. The molecular weight excluding hydrogens is 336 g/mol. The number of nitrogens with zero attached hydrogens (tertiary/aromatic N) is 1. The number of carbonyl (C=O) groups is 3. The molecule has 2 aromatic carbocycles. The van der Waals surface area contributed by atoms with Gasteiger partial charge in [0.1, 0.15) is 17.4 Å². The molecule has 1 unspecified atom stereocenters. The number of benzene rings is 2. The van der Waals surface area contributed by atoms with Crippen molar-refractivity contribution in [3.63, 3.8) is 0 Å². The molecule has 0 saturated carbocycles. The van der Waals surface area contributed by atoms with Gasteiger partial charge in [-0.3, -0.25) is 9.59 Å².